The van der Waals surface area contributed by atoms with Crippen LogP contribution in [-0.4, -0.2) is 37.5 Å². The van der Waals surface area contributed by atoms with Crippen LogP contribution in [0.5, 0.6) is 11.5 Å². The number of carbonyl (C=O) groups is 4. The summed E-state index contributed by atoms with van der Waals surface area (Å²) in [6, 6.07) is 12.7. The molecule has 4 rings (SSSR count). The number of carbonyl (C=O) groups excluding carboxylic acids is 4. The van der Waals surface area contributed by atoms with E-state index in [-0.39, 0.29) is 23.8 Å². The molecule has 1 heterocycles. The number of ether oxygens (including phenoxy) is 2. The maximum atomic E-state index is 13.3. The number of benzene rings is 3. The third kappa shape index (κ3) is 6.13. The van der Waals surface area contributed by atoms with Crippen LogP contribution in [-0.2, 0) is 14.4 Å². The van der Waals surface area contributed by atoms with Gasteiger partial charge in [0.15, 0.2) is 18.1 Å². The Balaban J connectivity index is 1.57. The summed E-state index contributed by atoms with van der Waals surface area (Å²) in [5.41, 5.74) is 3.92. The average Bonchev–Trinajstić information content (AvgIpc) is 2.90. The third-order valence-corrected chi connectivity index (χ3v) is 7.51. The molecule has 0 spiro atoms. The average molecular weight is 674 g/mol. The fraction of sp³-hybridized carbons (Fsp3) is 0.172. The number of amides is 5. The summed E-state index contributed by atoms with van der Waals surface area (Å²) in [5, 5.41) is 5.41. The van der Waals surface area contributed by atoms with E-state index in [0.29, 0.717) is 31.3 Å². The Kier molecular flexibility index (Phi) is 8.79. The van der Waals surface area contributed by atoms with Crippen LogP contribution in [0.15, 0.2) is 54.1 Å². The number of hydrogen-bond donors (Lipinski definition) is 2. The Morgan fingerprint density at radius 2 is 1.82 bits per heavy atom. The lowest BCUT2D eigenvalue weighted by atomic mass is 10.1. The largest absolute Gasteiger partial charge is 0.493 e. The fourth-order valence-corrected chi connectivity index (χ4v) is 4.91. The van der Waals surface area contributed by atoms with Crippen LogP contribution >= 0.6 is 34.2 Å². The number of nitrogens with one attached hydrogen (secondary N) is 2. The molecule has 3 aromatic rings. The molecule has 9 nitrogen and oxygen atoms in total. The van der Waals surface area contributed by atoms with Crippen LogP contribution in [0.4, 0.5) is 16.2 Å². The molecule has 3 aromatic carbocycles. The van der Waals surface area contributed by atoms with E-state index in [1.807, 2.05) is 54.6 Å². The zero-order chi connectivity index (χ0) is 29.1. The second-order valence-electron chi connectivity index (χ2n) is 9.01. The van der Waals surface area contributed by atoms with Crippen LogP contribution < -0.4 is 25.0 Å². The first-order valence-corrected chi connectivity index (χ1v) is 13.5. The summed E-state index contributed by atoms with van der Waals surface area (Å²) >= 11 is 8.20. The quantitative estimate of drug-likeness (QED) is 0.193. The van der Waals surface area contributed by atoms with Crippen molar-refractivity contribution in [2.24, 2.45) is 0 Å². The Morgan fingerprint density at radius 3 is 2.52 bits per heavy atom. The van der Waals surface area contributed by atoms with Crippen molar-refractivity contribution >= 4 is 75.4 Å². The lowest BCUT2D eigenvalue weighted by Crippen LogP contribution is -2.54. The molecule has 1 aliphatic heterocycles. The highest BCUT2D eigenvalue weighted by Gasteiger charge is 2.37. The van der Waals surface area contributed by atoms with Gasteiger partial charge in [0.05, 0.1) is 16.4 Å². The van der Waals surface area contributed by atoms with Gasteiger partial charge in [0, 0.05) is 10.7 Å². The van der Waals surface area contributed by atoms with Crippen molar-refractivity contribution in [1.82, 2.24) is 5.32 Å². The van der Waals surface area contributed by atoms with Gasteiger partial charge in [-0.05, 0) is 102 Å². The minimum Gasteiger partial charge on any atom is -0.493 e. The monoisotopic (exact) mass is 673 g/mol. The highest BCUT2D eigenvalue weighted by Crippen LogP contribution is 2.35. The lowest BCUT2D eigenvalue weighted by molar-refractivity contribution is -0.122. The van der Waals surface area contributed by atoms with E-state index in [4.69, 9.17) is 21.1 Å². The molecule has 0 unspecified atom stereocenters. The van der Waals surface area contributed by atoms with E-state index in [9.17, 15) is 19.2 Å². The normalized spacial score (nSPS) is 14.3. The molecule has 40 heavy (non-hydrogen) atoms. The van der Waals surface area contributed by atoms with Gasteiger partial charge in [0.2, 0.25) is 0 Å². The van der Waals surface area contributed by atoms with Crippen molar-refractivity contribution in [2.45, 2.75) is 20.8 Å². The number of nitrogens with zero attached hydrogens (tertiary/aromatic N) is 1. The van der Waals surface area contributed by atoms with E-state index >= 15 is 0 Å². The minimum absolute atomic E-state index is 0.228. The van der Waals surface area contributed by atoms with Gasteiger partial charge in [0.1, 0.15) is 5.57 Å². The highest BCUT2D eigenvalue weighted by atomic mass is 127. The molecule has 206 valence electrons. The van der Waals surface area contributed by atoms with Gasteiger partial charge in [-0.2, -0.15) is 0 Å². The SMILES string of the molecule is COc1cc(/C=C2\C(=O)NC(=O)N(c3ccc(C)c(Cl)c3)C2=O)cc(I)c1OCC(=O)Nc1cccc(C)c1C. The van der Waals surface area contributed by atoms with E-state index in [1.54, 1.807) is 31.2 Å². The number of imide groups is 2. The molecule has 0 aliphatic carbocycles. The van der Waals surface area contributed by atoms with E-state index in [1.165, 1.54) is 19.3 Å². The van der Waals surface area contributed by atoms with Gasteiger partial charge < -0.3 is 14.8 Å². The Bertz CT molecular complexity index is 1590. The third-order valence-electron chi connectivity index (χ3n) is 6.30. The van der Waals surface area contributed by atoms with Gasteiger partial charge in [0.25, 0.3) is 17.7 Å². The molecule has 0 atom stereocenters. The summed E-state index contributed by atoms with van der Waals surface area (Å²) in [7, 11) is 1.44. The minimum atomic E-state index is -0.873. The van der Waals surface area contributed by atoms with Crippen molar-refractivity contribution in [2.75, 3.05) is 23.9 Å². The summed E-state index contributed by atoms with van der Waals surface area (Å²) in [6.07, 6.45) is 1.36. The first kappa shape index (κ1) is 29.1. The lowest BCUT2D eigenvalue weighted by Gasteiger charge is -2.26. The van der Waals surface area contributed by atoms with E-state index < -0.39 is 17.8 Å². The Morgan fingerprint density at radius 1 is 1.07 bits per heavy atom. The smallest absolute Gasteiger partial charge is 0.335 e. The standard InChI is InChI=1S/C29H25ClIN3O6/c1-15-6-5-7-23(17(15)3)32-25(35)14-40-26-22(31)11-18(12-24(26)39-4)10-20-27(36)33-29(38)34(28(20)37)19-9-8-16(2)21(30)13-19/h5-13H,14H2,1-4H3,(H,32,35)(H,33,36,38)/b20-10+. The number of anilines is 2. The van der Waals surface area contributed by atoms with Gasteiger partial charge in [-0.1, -0.05) is 29.8 Å². The molecule has 0 radical (unpaired) electrons. The molecule has 2 N–H and O–H groups in total. The van der Waals surface area contributed by atoms with E-state index in [0.717, 1.165) is 21.6 Å². The van der Waals surface area contributed by atoms with Crippen LogP contribution in [0.25, 0.3) is 6.08 Å². The molecule has 0 bridgehead atoms. The number of halogens is 2. The van der Waals surface area contributed by atoms with Gasteiger partial charge >= 0.3 is 6.03 Å². The zero-order valence-electron chi connectivity index (χ0n) is 22.1. The van der Waals surface area contributed by atoms with Crippen molar-refractivity contribution in [3.8, 4) is 11.5 Å². The molecule has 0 aromatic heterocycles. The summed E-state index contributed by atoms with van der Waals surface area (Å²) in [4.78, 5) is 51.8. The fourth-order valence-electron chi connectivity index (χ4n) is 3.95. The number of rotatable bonds is 7. The maximum absolute atomic E-state index is 13.3. The predicted molar refractivity (Wildman–Crippen MR) is 161 cm³/mol. The summed E-state index contributed by atoms with van der Waals surface area (Å²) < 4.78 is 11.8. The molecule has 1 saturated heterocycles. The second kappa shape index (κ2) is 12.1. The van der Waals surface area contributed by atoms with Crippen molar-refractivity contribution in [3.05, 3.63) is 85.0 Å². The number of barbiturate groups is 1. The zero-order valence-corrected chi connectivity index (χ0v) is 25.0. The molecular formula is C29H25ClIN3O6. The molecule has 5 amide bonds. The molecule has 1 fully saturated rings. The van der Waals surface area contributed by atoms with Crippen molar-refractivity contribution in [1.29, 1.82) is 0 Å². The Hall–Kier alpha value is -3.90. The molecule has 0 saturated carbocycles. The molecule has 1 aliphatic rings. The van der Waals surface area contributed by atoms with Crippen molar-refractivity contribution in [3.63, 3.8) is 0 Å². The first-order valence-electron chi connectivity index (χ1n) is 12.0. The van der Waals surface area contributed by atoms with Crippen LogP contribution in [0, 0.1) is 24.3 Å². The van der Waals surface area contributed by atoms with E-state index in [2.05, 4.69) is 10.6 Å². The van der Waals surface area contributed by atoms with Gasteiger partial charge in [-0.25, -0.2) is 9.69 Å². The number of methoxy groups -OCH3 is 1. The molecular weight excluding hydrogens is 649 g/mol. The van der Waals surface area contributed by atoms with Crippen LogP contribution in [0.2, 0.25) is 5.02 Å². The number of urea groups is 1. The second-order valence-corrected chi connectivity index (χ2v) is 10.6. The highest BCUT2D eigenvalue weighted by molar-refractivity contribution is 14.1. The maximum Gasteiger partial charge on any atom is 0.335 e. The summed E-state index contributed by atoms with van der Waals surface area (Å²) in [5.74, 6) is -1.36. The predicted octanol–water partition coefficient (Wildman–Crippen LogP) is 5.56. The van der Waals surface area contributed by atoms with Crippen LogP contribution in [0.1, 0.15) is 22.3 Å². The number of aryl methyl sites for hydroxylation is 2. The van der Waals surface area contributed by atoms with Crippen LogP contribution in [0.3, 0.4) is 0 Å². The van der Waals surface area contributed by atoms with Crippen molar-refractivity contribution < 1.29 is 28.7 Å². The topological polar surface area (TPSA) is 114 Å². The van der Waals surface area contributed by atoms with Gasteiger partial charge in [-0.3, -0.25) is 19.7 Å². The number of hydrogen-bond acceptors (Lipinski definition) is 6. The molecule has 11 heteroatoms. The summed E-state index contributed by atoms with van der Waals surface area (Å²) in [6.45, 7) is 5.41. The first-order chi connectivity index (χ1) is 19.0. The Labute approximate surface area is 249 Å². The van der Waals surface area contributed by atoms with Gasteiger partial charge in [-0.15, -0.1) is 0 Å².